The molecule has 5 heteroatoms. The van der Waals surface area contributed by atoms with E-state index in [9.17, 15) is 9.18 Å². The van der Waals surface area contributed by atoms with Crippen LogP contribution in [0.4, 0.5) is 10.1 Å². The molecule has 4 nitrogen and oxygen atoms in total. The zero-order valence-electron chi connectivity index (χ0n) is 13.6. The van der Waals surface area contributed by atoms with Gasteiger partial charge in [0.2, 0.25) is 5.91 Å². The summed E-state index contributed by atoms with van der Waals surface area (Å²) in [5, 5.41) is 0. The predicted molar refractivity (Wildman–Crippen MR) is 87.6 cm³/mol. The van der Waals surface area contributed by atoms with Crippen molar-refractivity contribution >= 4 is 11.6 Å². The van der Waals surface area contributed by atoms with Crippen LogP contribution >= 0.6 is 0 Å². The fourth-order valence-corrected chi connectivity index (χ4v) is 2.91. The van der Waals surface area contributed by atoms with Crippen LogP contribution < -0.4 is 4.90 Å². The number of amides is 1. The number of anilines is 1. The highest BCUT2D eigenvalue weighted by atomic mass is 19.1. The predicted octanol–water partition coefficient (Wildman–Crippen LogP) is 2.21. The monoisotopic (exact) mass is 307 g/mol. The first-order valence-corrected chi connectivity index (χ1v) is 8.15. The van der Waals surface area contributed by atoms with E-state index in [-0.39, 0.29) is 11.7 Å². The van der Waals surface area contributed by atoms with E-state index in [1.54, 1.807) is 6.07 Å². The Hall–Kier alpha value is -1.62. The summed E-state index contributed by atoms with van der Waals surface area (Å²) in [5.74, 6) is 0.0641. The van der Waals surface area contributed by atoms with E-state index >= 15 is 0 Å². The fourth-order valence-electron chi connectivity index (χ4n) is 2.91. The molecule has 22 heavy (non-hydrogen) atoms. The first kappa shape index (κ1) is 16.7. The van der Waals surface area contributed by atoms with Crippen molar-refractivity contribution in [1.29, 1.82) is 0 Å². The number of rotatable bonds is 6. The molecule has 0 aromatic heterocycles. The summed E-state index contributed by atoms with van der Waals surface area (Å²) in [6, 6.07) is 6.92. The second-order valence-corrected chi connectivity index (χ2v) is 5.60. The van der Waals surface area contributed by atoms with E-state index in [4.69, 9.17) is 0 Å². The summed E-state index contributed by atoms with van der Waals surface area (Å²) < 4.78 is 13.8. The van der Waals surface area contributed by atoms with Gasteiger partial charge in [0.15, 0.2) is 0 Å². The third-order valence-electron chi connectivity index (χ3n) is 4.32. The Morgan fingerprint density at radius 1 is 1.14 bits per heavy atom. The van der Waals surface area contributed by atoms with Crippen LogP contribution in [0.2, 0.25) is 0 Å². The van der Waals surface area contributed by atoms with Crippen LogP contribution in [-0.4, -0.2) is 61.5 Å². The molecule has 1 saturated heterocycles. The van der Waals surface area contributed by atoms with Gasteiger partial charge in [-0.3, -0.25) is 9.69 Å². The van der Waals surface area contributed by atoms with Crippen molar-refractivity contribution in [2.24, 2.45) is 0 Å². The Labute approximate surface area is 132 Å². The topological polar surface area (TPSA) is 26.8 Å². The largest absolute Gasteiger partial charge is 0.367 e. The lowest BCUT2D eigenvalue weighted by Gasteiger charge is -2.36. The van der Waals surface area contributed by atoms with Crippen molar-refractivity contribution in [1.82, 2.24) is 9.80 Å². The number of carbonyl (C=O) groups is 1. The Balaban J connectivity index is 1.78. The van der Waals surface area contributed by atoms with Gasteiger partial charge < -0.3 is 9.80 Å². The summed E-state index contributed by atoms with van der Waals surface area (Å²) in [6.45, 7) is 9.72. The number of benzene rings is 1. The number of piperazine rings is 1. The molecule has 0 radical (unpaired) electrons. The number of nitrogens with zero attached hydrogens (tertiary/aromatic N) is 3. The molecule has 0 aliphatic carbocycles. The zero-order chi connectivity index (χ0) is 15.9. The van der Waals surface area contributed by atoms with Crippen LogP contribution in [0.1, 0.15) is 20.3 Å². The van der Waals surface area contributed by atoms with Gasteiger partial charge in [0.05, 0.1) is 5.69 Å². The Morgan fingerprint density at radius 3 is 2.36 bits per heavy atom. The van der Waals surface area contributed by atoms with Crippen LogP contribution in [0.5, 0.6) is 0 Å². The molecule has 0 unspecified atom stereocenters. The molecule has 122 valence electrons. The molecule has 2 rings (SSSR count). The summed E-state index contributed by atoms with van der Waals surface area (Å²) in [7, 11) is 0. The highest BCUT2D eigenvalue weighted by Crippen LogP contribution is 2.20. The average molecular weight is 307 g/mol. The molecule has 1 amide bonds. The first-order valence-electron chi connectivity index (χ1n) is 8.15. The van der Waals surface area contributed by atoms with Crippen LogP contribution in [0.3, 0.4) is 0 Å². The maximum atomic E-state index is 13.8. The highest BCUT2D eigenvalue weighted by molar-refractivity contribution is 5.76. The third kappa shape index (κ3) is 4.19. The van der Waals surface area contributed by atoms with Gasteiger partial charge in [-0.25, -0.2) is 4.39 Å². The van der Waals surface area contributed by atoms with Crippen LogP contribution in [0, 0.1) is 5.82 Å². The van der Waals surface area contributed by atoms with E-state index in [2.05, 4.69) is 9.80 Å². The van der Waals surface area contributed by atoms with Crippen molar-refractivity contribution < 1.29 is 9.18 Å². The van der Waals surface area contributed by atoms with Crippen molar-refractivity contribution in [3.8, 4) is 0 Å². The van der Waals surface area contributed by atoms with Crippen molar-refractivity contribution in [3.63, 3.8) is 0 Å². The molecule has 1 heterocycles. The minimum absolute atomic E-state index is 0.160. The van der Waals surface area contributed by atoms with Gasteiger partial charge in [-0.2, -0.15) is 0 Å². The van der Waals surface area contributed by atoms with Gasteiger partial charge in [-0.15, -0.1) is 0 Å². The standard InChI is InChI=1S/C17H26FN3O/c1-3-20(4-2)17(22)9-10-19-11-13-21(14-12-19)16-8-6-5-7-15(16)18/h5-8H,3-4,9-14H2,1-2H3. The molecule has 0 spiro atoms. The molecule has 1 aliphatic rings. The number of para-hydroxylation sites is 1. The molecular formula is C17H26FN3O. The first-order chi connectivity index (χ1) is 10.7. The van der Waals surface area contributed by atoms with E-state index in [0.29, 0.717) is 12.1 Å². The van der Waals surface area contributed by atoms with E-state index in [1.807, 2.05) is 30.9 Å². The molecule has 0 saturated carbocycles. The Kier molecular flexibility index (Phi) is 6.19. The Morgan fingerprint density at radius 2 is 1.77 bits per heavy atom. The second-order valence-electron chi connectivity index (χ2n) is 5.60. The molecule has 0 N–H and O–H groups in total. The second kappa shape index (κ2) is 8.13. The number of halogens is 1. The van der Waals surface area contributed by atoms with Crippen molar-refractivity contribution in [3.05, 3.63) is 30.1 Å². The number of carbonyl (C=O) groups excluding carboxylic acids is 1. The van der Waals surface area contributed by atoms with Gasteiger partial charge in [0, 0.05) is 52.2 Å². The molecule has 1 aromatic rings. The zero-order valence-corrected chi connectivity index (χ0v) is 13.6. The van der Waals surface area contributed by atoms with E-state index in [0.717, 1.165) is 45.8 Å². The normalized spacial score (nSPS) is 15.9. The van der Waals surface area contributed by atoms with Gasteiger partial charge in [0.25, 0.3) is 0 Å². The molecule has 0 bridgehead atoms. The summed E-state index contributed by atoms with van der Waals surface area (Å²) in [6.07, 6.45) is 0.571. The molecule has 1 aromatic carbocycles. The molecule has 1 fully saturated rings. The van der Waals surface area contributed by atoms with Crippen LogP contribution in [0.15, 0.2) is 24.3 Å². The lowest BCUT2D eigenvalue weighted by atomic mass is 10.2. The van der Waals surface area contributed by atoms with E-state index < -0.39 is 0 Å². The van der Waals surface area contributed by atoms with Crippen LogP contribution in [-0.2, 0) is 4.79 Å². The molecule has 0 atom stereocenters. The maximum absolute atomic E-state index is 13.8. The minimum Gasteiger partial charge on any atom is -0.367 e. The van der Waals surface area contributed by atoms with Crippen LogP contribution in [0.25, 0.3) is 0 Å². The maximum Gasteiger partial charge on any atom is 0.223 e. The highest BCUT2D eigenvalue weighted by Gasteiger charge is 2.20. The smallest absolute Gasteiger partial charge is 0.223 e. The van der Waals surface area contributed by atoms with Gasteiger partial charge in [0.1, 0.15) is 5.82 Å². The summed E-state index contributed by atoms with van der Waals surface area (Å²) >= 11 is 0. The fraction of sp³-hybridized carbons (Fsp3) is 0.588. The summed E-state index contributed by atoms with van der Waals surface area (Å²) in [4.78, 5) is 18.3. The van der Waals surface area contributed by atoms with E-state index in [1.165, 1.54) is 6.07 Å². The van der Waals surface area contributed by atoms with Crippen molar-refractivity contribution in [2.45, 2.75) is 20.3 Å². The lowest BCUT2D eigenvalue weighted by Crippen LogP contribution is -2.47. The number of hydrogen-bond donors (Lipinski definition) is 0. The Bertz CT molecular complexity index is 483. The minimum atomic E-state index is -0.160. The van der Waals surface area contributed by atoms with Gasteiger partial charge >= 0.3 is 0 Å². The van der Waals surface area contributed by atoms with Gasteiger partial charge in [-0.1, -0.05) is 12.1 Å². The lowest BCUT2D eigenvalue weighted by molar-refractivity contribution is -0.131. The third-order valence-corrected chi connectivity index (χ3v) is 4.32. The average Bonchev–Trinajstić information content (AvgIpc) is 2.55. The van der Waals surface area contributed by atoms with Gasteiger partial charge in [-0.05, 0) is 26.0 Å². The SMILES string of the molecule is CCN(CC)C(=O)CCN1CCN(c2ccccc2F)CC1. The van der Waals surface area contributed by atoms with Crippen molar-refractivity contribution in [2.75, 3.05) is 50.7 Å². The molecular weight excluding hydrogens is 281 g/mol. The quantitative estimate of drug-likeness (QED) is 0.806. The molecule has 1 aliphatic heterocycles. The summed E-state index contributed by atoms with van der Waals surface area (Å²) in [5.41, 5.74) is 0.682. The number of hydrogen-bond acceptors (Lipinski definition) is 3.